The van der Waals surface area contributed by atoms with E-state index in [0.29, 0.717) is 12.6 Å². The number of ether oxygens (including phenoxy) is 2. The minimum atomic E-state index is 0.253. The van der Waals surface area contributed by atoms with Crippen LogP contribution in [0.4, 0.5) is 0 Å². The summed E-state index contributed by atoms with van der Waals surface area (Å²) in [6.07, 6.45) is 4.46. The van der Waals surface area contributed by atoms with Crippen LogP contribution in [0.3, 0.4) is 0 Å². The summed E-state index contributed by atoms with van der Waals surface area (Å²) in [7, 11) is 0. The summed E-state index contributed by atoms with van der Waals surface area (Å²) in [4.78, 5) is 2.47. The first-order valence-corrected chi connectivity index (χ1v) is 9.06. The van der Waals surface area contributed by atoms with Crippen LogP contribution in [0.2, 0.25) is 0 Å². The predicted octanol–water partition coefficient (Wildman–Crippen LogP) is 3.58. The summed E-state index contributed by atoms with van der Waals surface area (Å²) < 4.78 is 11.9. The van der Waals surface area contributed by atoms with Gasteiger partial charge in [0, 0.05) is 12.6 Å². The Morgan fingerprint density at radius 1 is 1.13 bits per heavy atom. The maximum absolute atomic E-state index is 6.10. The Labute approximate surface area is 140 Å². The fourth-order valence-electron chi connectivity index (χ4n) is 3.02. The lowest BCUT2D eigenvalue weighted by atomic mass is 10.1. The average molecular weight is 320 g/mol. The van der Waals surface area contributed by atoms with E-state index in [1.807, 2.05) is 6.92 Å². The lowest BCUT2D eigenvalue weighted by molar-refractivity contribution is 0.181. The Bertz CT molecular complexity index is 466. The zero-order valence-corrected chi connectivity index (χ0v) is 14.9. The molecule has 0 aromatic heterocycles. The van der Waals surface area contributed by atoms with Crippen LogP contribution < -0.4 is 15.2 Å². The van der Waals surface area contributed by atoms with Gasteiger partial charge in [0.05, 0.1) is 12.7 Å². The van der Waals surface area contributed by atoms with Gasteiger partial charge >= 0.3 is 0 Å². The first-order chi connectivity index (χ1) is 11.2. The van der Waals surface area contributed by atoms with Crippen LogP contribution in [0.5, 0.6) is 11.5 Å². The second-order valence-corrected chi connectivity index (χ2v) is 6.38. The van der Waals surface area contributed by atoms with Gasteiger partial charge in [0.2, 0.25) is 0 Å². The largest absolute Gasteiger partial charge is 0.490 e. The number of hydrogen-bond acceptors (Lipinski definition) is 4. The molecule has 2 N–H and O–H groups in total. The summed E-state index contributed by atoms with van der Waals surface area (Å²) in [5, 5.41) is 0. The molecule has 1 aliphatic heterocycles. The van der Waals surface area contributed by atoms with E-state index in [0.717, 1.165) is 56.8 Å². The maximum Gasteiger partial charge on any atom is 0.161 e. The molecule has 0 atom stereocenters. The molecule has 1 aromatic rings. The van der Waals surface area contributed by atoms with Crippen LogP contribution >= 0.6 is 0 Å². The number of nitrogens with zero attached hydrogens (tertiary/aromatic N) is 1. The maximum atomic E-state index is 6.10. The molecule has 0 saturated carbocycles. The molecule has 1 aromatic carbocycles. The van der Waals surface area contributed by atoms with Gasteiger partial charge in [-0.25, -0.2) is 0 Å². The summed E-state index contributed by atoms with van der Waals surface area (Å²) in [6, 6.07) is 6.74. The second kappa shape index (κ2) is 9.14. The topological polar surface area (TPSA) is 47.7 Å². The zero-order valence-electron chi connectivity index (χ0n) is 14.9. The number of likely N-dealkylation sites (tertiary alicyclic amines) is 1. The first-order valence-electron chi connectivity index (χ1n) is 9.06. The number of piperidine rings is 1. The Hall–Kier alpha value is -1.26. The molecule has 0 bridgehead atoms. The van der Waals surface area contributed by atoms with E-state index in [1.54, 1.807) is 0 Å². The van der Waals surface area contributed by atoms with Gasteiger partial charge < -0.3 is 15.2 Å². The lowest BCUT2D eigenvalue weighted by Gasteiger charge is -2.30. The molecule has 0 spiro atoms. The molecule has 4 heteroatoms. The molecule has 1 saturated heterocycles. The number of benzene rings is 1. The minimum Gasteiger partial charge on any atom is -0.490 e. The third-order valence-electron chi connectivity index (χ3n) is 4.55. The van der Waals surface area contributed by atoms with Crippen molar-refractivity contribution in [3.63, 3.8) is 0 Å². The minimum absolute atomic E-state index is 0.253. The van der Waals surface area contributed by atoms with E-state index >= 15 is 0 Å². The van der Waals surface area contributed by atoms with Gasteiger partial charge in [-0.2, -0.15) is 0 Å². The highest BCUT2D eigenvalue weighted by molar-refractivity contribution is 5.43. The fourth-order valence-corrected chi connectivity index (χ4v) is 3.02. The molecule has 0 radical (unpaired) electrons. The summed E-state index contributed by atoms with van der Waals surface area (Å²) in [5.74, 6) is 1.73. The van der Waals surface area contributed by atoms with Crippen LogP contribution in [0.15, 0.2) is 18.2 Å². The van der Waals surface area contributed by atoms with Gasteiger partial charge in [-0.3, -0.25) is 4.90 Å². The van der Waals surface area contributed by atoms with Gasteiger partial charge in [0.25, 0.3) is 0 Å². The van der Waals surface area contributed by atoms with Gasteiger partial charge in [-0.1, -0.05) is 19.9 Å². The third kappa shape index (κ3) is 5.40. The van der Waals surface area contributed by atoms with Crippen molar-refractivity contribution in [1.29, 1.82) is 0 Å². The molecular formula is C19H32N2O2. The van der Waals surface area contributed by atoms with Gasteiger partial charge in [-0.05, 0) is 63.4 Å². The Morgan fingerprint density at radius 3 is 2.43 bits per heavy atom. The normalized spacial score (nSPS) is 16.7. The SMILES string of the molecule is CCOc1cc(CN2CCC(N)CC2)ccc1OC(CC)CC. The van der Waals surface area contributed by atoms with Crippen molar-refractivity contribution in [2.24, 2.45) is 5.73 Å². The molecule has 0 amide bonds. The van der Waals surface area contributed by atoms with Crippen molar-refractivity contribution in [2.75, 3.05) is 19.7 Å². The number of nitrogens with two attached hydrogens (primary N) is 1. The van der Waals surface area contributed by atoms with Crippen LogP contribution in [-0.2, 0) is 6.54 Å². The highest BCUT2D eigenvalue weighted by Gasteiger charge is 2.17. The number of hydrogen-bond donors (Lipinski definition) is 1. The zero-order chi connectivity index (χ0) is 16.7. The molecular weight excluding hydrogens is 288 g/mol. The van der Waals surface area contributed by atoms with Crippen molar-refractivity contribution in [3.05, 3.63) is 23.8 Å². The van der Waals surface area contributed by atoms with E-state index < -0.39 is 0 Å². The van der Waals surface area contributed by atoms with E-state index in [4.69, 9.17) is 15.2 Å². The Kier molecular flexibility index (Phi) is 7.18. The molecule has 0 aliphatic carbocycles. The van der Waals surface area contributed by atoms with E-state index in [1.165, 1.54) is 5.56 Å². The van der Waals surface area contributed by atoms with E-state index in [9.17, 15) is 0 Å². The molecule has 0 unspecified atom stereocenters. The van der Waals surface area contributed by atoms with Crippen molar-refractivity contribution >= 4 is 0 Å². The lowest BCUT2D eigenvalue weighted by Crippen LogP contribution is -2.39. The molecule has 2 rings (SSSR count). The summed E-state index contributed by atoms with van der Waals surface area (Å²) in [6.45, 7) is 10.1. The van der Waals surface area contributed by atoms with Gasteiger partial charge in [0.1, 0.15) is 0 Å². The van der Waals surface area contributed by atoms with Gasteiger partial charge in [-0.15, -0.1) is 0 Å². The second-order valence-electron chi connectivity index (χ2n) is 6.38. The van der Waals surface area contributed by atoms with E-state index in [2.05, 4.69) is 36.9 Å². The summed E-state index contributed by atoms with van der Waals surface area (Å²) >= 11 is 0. The molecule has 1 fully saturated rings. The Balaban J connectivity index is 2.05. The molecule has 23 heavy (non-hydrogen) atoms. The standard InChI is InChI=1S/C19H32N2O2/c1-4-17(5-2)23-18-8-7-15(13-19(18)22-6-3)14-21-11-9-16(20)10-12-21/h7-8,13,16-17H,4-6,9-12,14,20H2,1-3H3. The van der Waals surface area contributed by atoms with Crippen LogP contribution in [-0.4, -0.2) is 36.7 Å². The fraction of sp³-hybridized carbons (Fsp3) is 0.684. The first kappa shape index (κ1) is 18.1. The van der Waals surface area contributed by atoms with Crippen LogP contribution in [0.25, 0.3) is 0 Å². The molecule has 1 aliphatic rings. The monoisotopic (exact) mass is 320 g/mol. The summed E-state index contributed by atoms with van der Waals surface area (Å²) in [5.41, 5.74) is 7.26. The molecule has 130 valence electrons. The van der Waals surface area contributed by atoms with E-state index in [-0.39, 0.29) is 6.10 Å². The van der Waals surface area contributed by atoms with Crippen molar-refractivity contribution in [1.82, 2.24) is 4.90 Å². The van der Waals surface area contributed by atoms with Gasteiger partial charge in [0.15, 0.2) is 11.5 Å². The van der Waals surface area contributed by atoms with Crippen molar-refractivity contribution in [3.8, 4) is 11.5 Å². The molecule has 4 nitrogen and oxygen atoms in total. The highest BCUT2D eigenvalue weighted by atomic mass is 16.5. The highest BCUT2D eigenvalue weighted by Crippen LogP contribution is 2.31. The smallest absolute Gasteiger partial charge is 0.161 e. The Morgan fingerprint density at radius 2 is 1.83 bits per heavy atom. The predicted molar refractivity (Wildman–Crippen MR) is 95.1 cm³/mol. The van der Waals surface area contributed by atoms with Crippen molar-refractivity contribution in [2.45, 2.75) is 65.1 Å². The van der Waals surface area contributed by atoms with Crippen LogP contribution in [0.1, 0.15) is 52.0 Å². The quantitative estimate of drug-likeness (QED) is 0.795. The molecule has 1 heterocycles. The number of rotatable bonds is 8. The van der Waals surface area contributed by atoms with Crippen molar-refractivity contribution < 1.29 is 9.47 Å². The third-order valence-corrected chi connectivity index (χ3v) is 4.55. The van der Waals surface area contributed by atoms with Crippen LogP contribution in [0, 0.1) is 0 Å². The average Bonchev–Trinajstić information content (AvgIpc) is 2.56.